The van der Waals surface area contributed by atoms with Gasteiger partial charge in [0, 0.05) is 12.7 Å². The Morgan fingerprint density at radius 3 is 2.36 bits per heavy atom. The van der Waals surface area contributed by atoms with Crippen LogP contribution in [0.25, 0.3) is 0 Å². The summed E-state index contributed by atoms with van der Waals surface area (Å²) < 4.78 is 43.9. The maximum atomic E-state index is 13.5. The highest BCUT2D eigenvalue weighted by atomic mass is 32.2. The van der Waals surface area contributed by atoms with Crippen LogP contribution in [0.3, 0.4) is 0 Å². The zero-order valence-electron chi connectivity index (χ0n) is 15.7. The Labute approximate surface area is 163 Å². The van der Waals surface area contributed by atoms with Crippen LogP contribution in [0.1, 0.15) is 11.1 Å². The van der Waals surface area contributed by atoms with Crippen molar-refractivity contribution in [2.24, 2.45) is 0 Å². The molecule has 1 N–H and O–H groups in total. The van der Waals surface area contributed by atoms with Gasteiger partial charge in [-0.15, -0.1) is 0 Å². The second kappa shape index (κ2) is 8.94. The molecule has 0 radical (unpaired) electrons. The molecule has 28 heavy (non-hydrogen) atoms. The van der Waals surface area contributed by atoms with Crippen LogP contribution in [0, 0.1) is 19.7 Å². The molecule has 2 aromatic carbocycles. The van der Waals surface area contributed by atoms with Gasteiger partial charge >= 0.3 is 5.97 Å². The van der Waals surface area contributed by atoms with E-state index in [0.717, 1.165) is 15.9 Å². The predicted octanol–water partition coefficient (Wildman–Crippen LogP) is 2.24. The molecule has 2 aromatic rings. The van der Waals surface area contributed by atoms with Gasteiger partial charge in [0.05, 0.1) is 4.90 Å². The number of nitrogens with zero attached hydrogens (tertiary/aromatic N) is 1. The van der Waals surface area contributed by atoms with Crippen molar-refractivity contribution >= 4 is 27.6 Å². The molecule has 0 spiro atoms. The van der Waals surface area contributed by atoms with Crippen LogP contribution in [0.5, 0.6) is 0 Å². The zero-order chi connectivity index (χ0) is 20.9. The van der Waals surface area contributed by atoms with Gasteiger partial charge in [-0.25, -0.2) is 12.8 Å². The first-order chi connectivity index (χ1) is 13.1. The van der Waals surface area contributed by atoms with E-state index in [9.17, 15) is 22.4 Å². The van der Waals surface area contributed by atoms with E-state index in [1.807, 2.05) is 6.92 Å². The number of sulfonamides is 1. The molecule has 0 saturated heterocycles. The lowest BCUT2D eigenvalue weighted by atomic mass is 10.2. The lowest BCUT2D eigenvalue weighted by Crippen LogP contribution is -2.34. The molecule has 0 aliphatic rings. The summed E-state index contributed by atoms with van der Waals surface area (Å²) in [6.07, 6.45) is 0. The quantitative estimate of drug-likeness (QED) is 0.710. The number of hydrogen-bond acceptors (Lipinski definition) is 5. The Morgan fingerprint density at radius 2 is 1.75 bits per heavy atom. The summed E-state index contributed by atoms with van der Waals surface area (Å²) in [5, 5.41) is 2.39. The minimum atomic E-state index is -3.86. The van der Waals surface area contributed by atoms with Gasteiger partial charge in [-0.3, -0.25) is 9.59 Å². The highest BCUT2D eigenvalue weighted by Gasteiger charge is 2.23. The molecule has 0 bridgehead atoms. The Hall–Kier alpha value is -2.78. The van der Waals surface area contributed by atoms with Crippen LogP contribution in [0.2, 0.25) is 0 Å². The predicted molar refractivity (Wildman–Crippen MR) is 102 cm³/mol. The lowest BCUT2D eigenvalue weighted by molar-refractivity contribution is -0.147. The fraction of sp³-hybridized carbons (Fsp3) is 0.263. The van der Waals surface area contributed by atoms with Crippen molar-refractivity contribution in [3.05, 3.63) is 59.4 Å². The van der Waals surface area contributed by atoms with Gasteiger partial charge in [0.1, 0.15) is 12.4 Å². The average molecular weight is 408 g/mol. The molecule has 0 unspecified atom stereocenters. The number of rotatable bonds is 7. The van der Waals surface area contributed by atoms with Gasteiger partial charge < -0.3 is 10.1 Å². The summed E-state index contributed by atoms with van der Waals surface area (Å²) in [5.41, 5.74) is 1.56. The second-order valence-electron chi connectivity index (χ2n) is 6.25. The Balaban J connectivity index is 1.88. The highest BCUT2D eigenvalue weighted by Crippen LogP contribution is 2.15. The molecule has 0 aliphatic carbocycles. The minimum Gasteiger partial charge on any atom is -0.455 e. The van der Waals surface area contributed by atoms with Gasteiger partial charge in [-0.1, -0.05) is 23.8 Å². The first-order valence-corrected chi connectivity index (χ1v) is 9.78. The Bertz CT molecular complexity index is 974. The summed E-state index contributed by atoms with van der Waals surface area (Å²) in [7, 11) is -2.61. The number of anilines is 1. The van der Waals surface area contributed by atoms with Crippen LogP contribution in [0.15, 0.2) is 47.4 Å². The summed E-state index contributed by atoms with van der Waals surface area (Å²) in [4.78, 5) is 23.7. The van der Waals surface area contributed by atoms with Gasteiger partial charge in [0.25, 0.3) is 5.91 Å². The fourth-order valence-electron chi connectivity index (χ4n) is 2.22. The zero-order valence-corrected chi connectivity index (χ0v) is 16.5. The van der Waals surface area contributed by atoms with E-state index >= 15 is 0 Å². The highest BCUT2D eigenvalue weighted by molar-refractivity contribution is 7.89. The van der Waals surface area contributed by atoms with Gasteiger partial charge in [-0.2, -0.15) is 4.31 Å². The van der Waals surface area contributed by atoms with E-state index in [4.69, 9.17) is 4.74 Å². The minimum absolute atomic E-state index is 0.0486. The number of nitrogens with one attached hydrogen (secondary N) is 1. The Kier molecular flexibility index (Phi) is 6.87. The molecule has 9 heteroatoms. The summed E-state index contributed by atoms with van der Waals surface area (Å²) in [6.45, 7) is 2.24. The number of halogens is 1. The number of ether oxygens (including phenoxy) is 1. The number of carbonyl (C=O) groups excluding carboxylic acids is 2. The number of likely N-dealkylation sites (N-methyl/N-ethyl adjacent to an activating group) is 1. The molecule has 7 nitrogen and oxygen atoms in total. The second-order valence-corrected chi connectivity index (χ2v) is 8.29. The summed E-state index contributed by atoms with van der Waals surface area (Å²) >= 11 is 0. The molecule has 0 heterocycles. The van der Waals surface area contributed by atoms with Gasteiger partial charge in [-0.05, 0) is 43.7 Å². The average Bonchev–Trinajstić information content (AvgIpc) is 2.63. The van der Waals surface area contributed by atoms with E-state index < -0.39 is 40.9 Å². The topological polar surface area (TPSA) is 92.8 Å². The van der Waals surface area contributed by atoms with Crippen LogP contribution >= 0.6 is 0 Å². The van der Waals surface area contributed by atoms with Crippen molar-refractivity contribution in [3.63, 3.8) is 0 Å². The normalized spacial score (nSPS) is 11.3. The fourth-order valence-corrected chi connectivity index (χ4v) is 3.33. The maximum absolute atomic E-state index is 13.5. The van der Waals surface area contributed by atoms with Crippen LogP contribution in [0.4, 0.5) is 10.1 Å². The third-order valence-corrected chi connectivity index (χ3v) is 5.72. The van der Waals surface area contributed by atoms with Crippen molar-refractivity contribution in [2.45, 2.75) is 18.7 Å². The van der Waals surface area contributed by atoms with Gasteiger partial charge in [0.15, 0.2) is 6.61 Å². The summed E-state index contributed by atoms with van der Waals surface area (Å²) in [6, 6.07) is 10.4. The first-order valence-electron chi connectivity index (χ1n) is 8.34. The largest absolute Gasteiger partial charge is 0.455 e. The van der Waals surface area contributed by atoms with Crippen molar-refractivity contribution in [1.82, 2.24) is 4.31 Å². The van der Waals surface area contributed by atoms with Crippen molar-refractivity contribution in [2.75, 3.05) is 25.5 Å². The summed E-state index contributed by atoms with van der Waals surface area (Å²) in [5.74, 6) is -2.03. The molecule has 0 atom stereocenters. The number of hydrogen-bond donors (Lipinski definition) is 1. The first kappa shape index (κ1) is 21.5. The van der Waals surface area contributed by atoms with Crippen LogP contribution in [-0.2, 0) is 24.3 Å². The van der Waals surface area contributed by atoms with E-state index in [0.29, 0.717) is 5.56 Å². The molecular formula is C19H21FN2O5S. The number of aryl methyl sites for hydroxylation is 2. The molecule has 2 rings (SSSR count). The van der Waals surface area contributed by atoms with Crippen molar-refractivity contribution < 1.29 is 27.1 Å². The molecule has 1 amide bonds. The molecular weight excluding hydrogens is 387 g/mol. The third-order valence-electron chi connectivity index (χ3n) is 3.90. The van der Waals surface area contributed by atoms with Crippen LogP contribution in [-0.4, -0.2) is 44.8 Å². The van der Waals surface area contributed by atoms with Crippen molar-refractivity contribution in [3.8, 4) is 0 Å². The molecule has 150 valence electrons. The SMILES string of the molecule is Cc1ccc(S(=O)(=O)N(C)CC(=O)OCC(=O)Nc2ccc(C)c(F)c2)cc1. The van der Waals surface area contributed by atoms with E-state index in [-0.39, 0.29) is 10.6 Å². The monoisotopic (exact) mass is 408 g/mol. The molecule has 0 saturated carbocycles. The number of carbonyl (C=O) groups is 2. The molecule has 0 aromatic heterocycles. The van der Waals surface area contributed by atoms with E-state index in [1.54, 1.807) is 19.1 Å². The number of benzene rings is 2. The lowest BCUT2D eigenvalue weighted by Gasteiger charge is -2.16. The molecule has 0 fully saturated rings. The van der Waals surface area contributed by atoms with Crippen molar-refractivity contribution in [1.29, 1.82) is 0 Å². The number of amides is 1. The molecule has 0 aliphatic heterocycles. The Morgan fingerprint density at radius 1 is 1.11 bits per heavy atom. The van der Waals surface area contributed by atoms with Crippen LogP contribution < -0.4 is 5.32 Å². The third kappa shape index (κ3) is 5.61. The number of esters is 1. The smallest absolute Gasteiger partial charge is 0.321 e. The maximum Gasteiger partial charge on any atom is 0.321 e. The van der Waals surface area contributed by atoms with Gasteiger partial charge in [0.2, 0.25) is 10.0 Å². The van der Waals surface area contributed by atoms with E-state index in [1.165, 1.54) is 31.3 Å². The standard InChI is InChI=1S/C19H21FN2O5S/c1-13-4-8-16(9-5-13)28(25,26)22(3)11-19(24)27-12-18(23)21-15-7-6-14(2)17(20)10-15/h4-10H,11-12H2,1-3H3,(H,21,23). The van der Waals surface area contributed by atoms with E-state index in [2.05, 4.69) is 5.32 Å².